The van der Waals surface area contributed by atoms with E-state index in [1.54, 1.807) is 87.9 Å². The summed E-state index contributed by atoms with van der Waals surface area (Å²) in [5.41, 5.74) is 32.6. The van der Waals surface area contributed by atoms with Crippen molar-refractivity contribution in [1.82, 2.24) is 55.9 Å². The summed E-state index contributed by atoms with van der Waals surface area (Å²) in [5, 5.41) is 46.7. The third-order valence-corrected chi connectivity index (χ3v) is 28.9. The van der Waals surface area contributed by atoms with E-state index in [9.17, 15) is 4.79 Å². The third kappa shape index (κ3) is 18.0. The van der Waals surface area contributed by atoms with Crippen LogP contribution in [0.15, 0.2) is 259 Å². The molecule has 40 heteroatoms. The maximum Gasteiger partial charge on any atom is 0.244 e. The van der Waals surface area contributed by atoms with Crippen LogP contribution in [0.3, 0.4) is 0 Å². The lowest BCUT2D eigenvalue weighted by Crippen LogP contribution is -2.23. The molecule has 0 saturated heterocycles. The number of carbonyl (C=O) groups excluding carboxylic acids is 1. The van der Waals surface area contributed by atoms with Gasteiger partial charge < -0.3 is 69.9 Å². The molecule has 20 rings (SSSR count). The molecule has 5 unspecified atom stereocenters. The molecule has 133 heavy (non-hydrogen) atoms. The first-order chi connectivity index (χ1) is 64.6. The van der Waals surface area contributed by atoms with Gasteiger partial charge in [0.25, 0.3) is 0 Å². The number of halogens is 5. The molecule has 5 atom stereocenters. The number of hydrogen-bond acceptors (Lipinski definition) is 25. The topological polar surface area (TPSA) is 354 Å². The highest BCUT2D eigenvalue weighted by atomic mass is 79.9. The minimum absolute atomic E-state index is 0.0182. The Morgan fingerprint density at radius 3 is 0.985 bits per heavy atom. The van der Waals surface area contributed by atoms with Crippen molar-refractivity contribution in [2.45, 2.75) is 36.5 Å². The first-order valence-electron chi connectivity index (χ1n) is 39.3. The van der Waals surface area contributed by atoms with E-state index >= 15 is 0 Å². The number of thiophene rings is 5. The maximum absolute atomic E-state index is 12.3. The van der Waals surface area contributed by atoms with Gasteiger partial charge in [-0.2, -0.15) is 4.68 Å². The van der Waals surface area contributed by atoms with Crippen molar-refractivity contribution >= 4 is 142 Å². The van der Waals surface area contributed by atoms with Crippen molar-refractivity contribution in [2.24, 2.45) is 17.2 Å². The number of rotatable bonds is 16. The fraction of sp³-hybridized carbons (Fsp3) is 0.129. The minimum atomic E-state index is -0.538. The van der Waals surface area contributed by atoms with Crippen LogP contribution in [0.25, 0.3) is 77.1 Å². The molecule has 0 spiro atoms. The Morgan fingerprint density at radius 1 is 0.398 bits per heavy atom. The van der Waals surface area contributed by atoms with E-state index < -0.39 is 5.92 Å². The number of allylic oxidation sites excluding steroid dienone is 5. The molecule has 666 valence electrons. The standard InChI is InChI=1S/C20H15BrN4O3S.C19H15BrN4O2S.2C18H13BrN4O2S.C18H12BrN3O2S/c1-10(26)25-18(14-5-4-8-29-14)16-15(11-6-7-13(27-3)12(21)9-11)17(23-2)19(22)28-20(16)24-25;1-21-17-14(10-6-7-12(25-3)11(20)9-10)15-16(13-5-4-8-27-13)23-24-18(15)26-19(17)22-2;2*1-21-16-13(9-5-6-11(24-2)10(19)8-9)14-15(12-4-3-7-26-12)22-23-18(14)25-17(16)20;1-20-12-9-24-18-16(17(21-22-18)14-4-3-7-25-14)15(12)10-5-6-13(23-2)11(19)8-10/h4-9,15H,22H2,1,3H3;4-9,14,22H,2-3H3,(H,23,24);2*3-8,13H,20H2,2H3,(H,22,23);3-9,15H,2H3,(H,21,22). The monoisotopic (exact) mass is 2180 g/mol. The van der Waals surface area contributed by atoms with Gasteiger partial charge in [-0.25, -0.2) is 24.2 Å². The predicted molar refractivity (Wildman–Crippen MR) is 526 cm³/mol. The molecule has 5 aromatic carbocycles. The second-order valence-electron chi connectivity index (χ2n) is 28.6. The molecule has 0 amide bonds. The van der Waals surface area contributed by atoms with Crippen LogP contribution in [-0.2, 0) is 0 Å². The second kappa shape index (κ2) is 40.4. The van der Waals surface area contributed by atoms with Crippen LogP contribution in [0.1, 0.15) is 96.9 Å². The average Bonchev–Trinajstić information content (AvgIpc) is 1.58. The summed E-state index contributed by atoms with van der Waals surface area (Å²) in [6.07, 6.45) is 1.48. The minimum Gasteiger partial charge on any atom is -0.496 e. The van der Waals surface area contributed by atoms with E-state index in [0.29, 0.717) is 80.7 Å². The smallest absolute Gasteiger partial charge is 0.244 e. The van der Waals surface area contributed by atoms with Crippen molar-refractivity contribution < 1.29 is 52.2 Å². The van der Waals surface area contributed by atoms with E-state index in [0.717, 1.165) is 131 Å². The molecule has 0 aliphatic carbocycles. The van der Waals surface area contributed by atoms with Crippen LogP contribution in [0, 0.1) is 32.9 Å². The van der Waals surface area contributed by atoms with Gasteiger partial charge in [-0.1, -0.05) is 60.7 Å². The predicted octanol–water partition coefficient (Wildman–Crippen LogP) is 23.5. The number of benzene rings is 5. The van der Waals surface area contributed by atoms with Crippen LogP contribution in [0.2, 0.25) is 0 Å². The zero-order valence-electron chi connectivity index (χ0n) is 70.4. The lowest BCUT2D eigenvalue weighted by atomic mass is 9.86. The molecule has 5 aliphatic rings. The van der Waals surface area contributed by atoms with Crippen LogP contribution in [-0.4, -0.2) is 99.1 Å². The van der Waals surface area contributed by atoms with Gasteiger partial charge in [0.05, 0.1) is 179 Å². The molecule has 5 aliphatic heterocycles. The van der Waals surface area contributed by atoms with Crippen molar-refractivity contribution in [3.05, 3.63) is 372 Å². The van der Waals surface area contributed by atoms with Crippen LogP contribution >= 0.6 is 136 Å². The normalized spacial score (nSPS) is 15.8. The molecule has 15 heterocycles. The summed E-state index contributed by atoms with van der Waals surface area (Å²) >= 11 is 25.5. The molecule has 11 N–H and O–H groups in total. The summed E-state index contributed by atoms with van der Waals surface area (Å²) in [7, 11) is 9.79. The number of hydrogen-bond donors (Lipinski definition) is 8. The van der Waals surface area contributed by atoms with E-state index in [1.807, 2.05) is 179 Å². The average molecular weight is 2190 g/mol. The van der Waals surface area contributed by atoms with Gasteiger partial charge in [-0.3, -0.25) is 25.2 Å². The van der Waals surface area contributed by atoms with E-state index in [4.69, 9.17) is 97.4 Å². The number of H-pyrrole nitrogens is 4. The highest BCUT2D eigenvalue weighted by Gasteiger charge is 2.43. The SMILES string of the molecule is [C-]#[N+]C1=C(N)Oc2n[nH]c(-c3cccs3)c2C1c1ccc(OC)c(Br)c1.[C-]#[N+]C1=C(N)Oc2n[nH]c(-c3cccs3)c2C1c1ccc(OC)c(Br)c1.[C-]#[N+]C1=C(N)Oc2nn(C(C)=O)c(-c3cccs3)c2C1c1ccc(OC)c(Br)c1.[C-]#[N+]C1=C(NC)Oc2n[nH]c(-c3cccs3)c2C1c1ccc(OC)c(Br)c1.[C-]#[N+]C1=COc2n[nH]c(-c3cccs3)c2C1c1ccc(OC)c(Br)c1. The van der Waals surface area contributed by atoms with Gasteiger partial charge in [0, 0.05) is 41.8 Å². The van der Waals surface area contributed by atoms with Crippen molar-refractivity contribution in [1.29, 1.82) is 0 Å². The van der Waals surface area contributed by atoms with Crippen molar-refractivity contribution in [3.8, 4) is 111 Å². The Kier molecular flexibility index (Phi) is 28.1. The van der Waals surface area contributed by atoms with Crippen LogP contribution in [0.5, 0.6) is 58.1 Å². The van der Waals surface area contributed by atoms with Crippen LogP contribution < -0.4 is 69.9 Å². The molecular formula is C93H68Br5N19O11S5. The van der Waals surface area contributed by atoms with Crippen molar-refractivity contribution in [2.75, 3.05) is 42.6 Å². The third-order valence-electron chi connectivity index (χ3n) is 21.4. The number of fused-ring (bicyclic) bond motifs is 5. The molecule has 10 aromatic heterocycles. The molecule has 0 saturated carbocycles. The second-order valence-corrected chi connectivity index (χ2v) is 37.6. The lowest BCUT2D eigenvalue weighted by Gasteiger charge is -2.25. The first kappa shape index (κ1) is 92.3. The van der Waals surface area contributed by atoms with Gasteiger partial charge in [-0.05, 0) is 225 Å². The Labute approximate surface area is 822 Å². The number of carbonyl (C=O) groups is 1. The summed E-state index contributed by atoms with van der Waals surface area (Å²) < 4.78 is 60.3. The van der Waals surface area contributed by atoms with Gasteiger partial charge in [0.15, 0.2) is 23.5 Å². The van der Waals surface area contributed by atoms with E-state index in [-0.39, 0.29) is 58.8 Å². The fourth-order valence-corrected chi connectivity index (χ4v) is 22.0. The maximum atomic E-state index is 12.3. The molecule has 0 bridgehead atoms. The molecule has 0 fully saturated rings. The number of nitrogens with zero attached hydrogens (tertiary/aromatic N) is 11. The summed E-state index contributed by atoms with van der Waals surface area (Å²) in [6, 6.07) is 48.4. The zero-order chi connectivity index (χ0) is 93.6. The highest BCUT2D eigenvalue weighted by molar-refractivity contribution is 9.11. The number of nitrogens with two attached hydrogens (primary N) is 3. The van der Waals surface area contributed by atoms with Crippen molar-refractivity contribution in [3.63, 3.8) is 0 Å². The number of aromatic amines is 4. The van der Waals surface area contributed by atoms with Crippen LogP contribution in [0.4, 0.5) is 0 Å². The number of nitrogens with one attached hydrogen (secondary N) is 5. The fourth-order valence-electron chi connectivity index (χ4n) is 15.5. The largest absolute Gasteiger partial charge is 0.496 e. The van der Waals surface area contributed by atoms with Gasteiger partial charge in [0.1, 0.15) is 28.7 Å². The van der Waals surface area contributed by atoms with Gasteiger partial charge >= 0.3 is 0 Å². The Bertz CT molecular complexity index is 7190. The Balaban J connectivity index is 0.000000121. The number of aromatic nitrogens is 10. The molecule has 15 aromatic rings. The first-order valence-corrected chi connectivity index (χ1v) is 47.7. The molecule has 30 nitrogen and oxygen atoms in total. The molecule has 0 radical (unpaired) electrons. The number of ether oxygens (including phenoxy) is 10. The molecular weight excluding hydrogens is 2120 g/mol. The summed E-state index contributed by atoms with van der Waals surface area (Å²) in [4.78, 5) is 35.7. The Morgan fingerprint density at radius 2 is 0.692 bits per heavy atom. The summed E-state index contributed by atoms with van der Waals surface area (Å²) in [6.45, 7) is 39.7. The van der Waals surface area contributed by atoms with Gasteiger partial charge in [0.2, 0.25) is 63.8 Å². The van der Waals surface area contributed by atoms with E-state index in [1.165, 1.54) is 29.2 Å². The quantitative estimate of drug-likeness (QED) is 0.0417. The summed E-state index contributed by atoms with van der Waals surface area (Å²) in [5.74, 6) is 4.02. The zero-order valence-corrected chi connectivity index (χ0v) is 82.4. The lowest BCUT2D eigenvalue weighted by molar-refractivity contribution is 0.0921. The van der Waals surface area contributed by atoms with Gasteiger partial charge in [-0.15, -0.1) is 82.2 Å². The number of methoxy groups -OCH3 is 5. The highest BCUT2D eigenvalue weighted by Crippen LogP contribution is 2.55. The Hall–Kier alpha value is -13.9. The van der Waals surface area contributed by atoms with E-state index in [2.05, 4.69) is 155 Å².